The van der Waals surface area contributed by atoms with E-state index in [0.717, 1.165) is 21.3 Å². The van der Waals surface area contributed by atoms with E-state index in [9.17, 15) is 4.79 Å². The van der Waals surface area contributed by atoms with Crippen LogP contribution in [0.15, 0.2) is 46.8 Å². The summed E-state index contributed by atoms with van der Waals surface area (Å²) >= 11 is 2.83. The first kappa shape index (κ1) is 21.3. The molecule has 0 saturated carbocycles. The Balaban J connectivity index is 1.57. The standard InChI is InChI=1S/C22H26N4OS2/c1-14-10-11-16(12-15(14)2)23-20-25-26-21(29-20)28-13-19(27)24-18-9-7-6-8-17(18)22(3,4)5/h6-12H,13H2,1-5H3,(H,23,25)(H,24,27). The van der Waals surface area contributed by atoms with Crippen LogP contribution in [0.3, 0.4) is 0 Å². The number of nitrogens with one attached hydrogen (secondary N) is 2. The number of aromatic nitrogens is 2. The lowest BCUT2D eigenvalue weighted by Crippen LogP contribution is -2.19. The first-order valence-electron chi connectivity index (χ1n) is 9.42. The van der Waals surface area contributed by atoms with E-state index in [-0.39, 0.29) is 17.1 Å². The smallest absolute Gasteiger partial charge is 0.234 e. The number of anilines is 3. The first-order chi connectivity index (χ1) is 13.7. The minimum absolute atomic E-state index is 0.0366. The van der Waals surface area contributed by atoms with Crippen molar-refractivity contribution in [3.05, 3.63) is 59.2 Å². The number of carbonyl (C=O) groups is 1. The van der Waals surface area contributed by atoms with E-state index in [2.05, 4.69) is 73.6 Å². The number of hydrogen-bond donors (Lipinski definition) is 2. The van der Waals surface area contributed by atoms with Gasteiger partial charge in [0, 0.05) is 11.4 Å². The van der Waals surface area contributed by atoms with Gasteiger partial charge in [0.25, 0.3) is 0 Å². The van der Waals surface area contributed by atoms with Gasteiger partial charge in [-0.3, -0.25) is 4.79 Å². The van der Waals surface area contributed by atoms with Gasteiger partial charge in [-0.15, -0.1) is 10.2 Å². The number of thioether (sulfide) groups is 1. The molecule has 5 nitrogen and oxygen atoms in total. The van der Waals surface area contributed by atoms with Crippen molar-refractivity contribution in [2.24, 2.45) is 0 Å². The fourth-order valence-electron chi connectivity index (χ4n) is 2.82. The van der Waals surface area contributed by atoms with Crippen molar-refractivity contribution in [2.45, 2.75) is 44.4 Å². The van der Waals surface area contributed by atoms with Crippen LogP contribution in [-0.4, -0.2) is 21.9 Å². The van der Waals surface area contributed by atoms with Crippen molar-refractivity contribution >= 4 is 45.5 Å². The maximum absolute atomic E-state index is 12.4. The molecule has 0 spiro atoms. The van der Waals surface area contributed by atoms with Crippen LogP contribution in [0.1, 0.15) is 37.5 Å². The quantitative estimate of drug-likeness (QED) is 0.478. The first-order valence-corrected chi connectivity index (χ1v) is 11.2. The molecule has 1 aromatic heterocycles. The number of rotatable bonds is 6. The zero-order chi connectivity index (χ0) is 21.0. The molecular weight excluding hydrogens is 400 g/mol. The van der Waals surface area contributed by atoms with Crippen molar-refractivity contribution in [2.75, 3.05) is 16.4 Å². The Kier molecular flexibility index (Phi) is 6.59. The summed E-state index contributed by atoms with van der Waals surface area (Å²) in [6.45, 7) is 10.6. The fourth-order valence-corrected chi connectivity index (χ4v) is 4.39. The summed E-state index contributed by atoms with van der Waals surface area (Å²) in [4.78, 5) is 12.4. The van der Waals surface area contributed by atoms with E-state index in [1.54, 1.807) is 0 Å². The van der Waals surface area contributed by atoms with E-state index >= 15 is 0 Å². The second-order valence-electron chi connectivity index (χ2n) is 7.93. The maximum Gasteiger partial charge on any atom is 0.234 e. The van der Waals surface area contributed by atoms with E-state index in [1.165, 1.54) is 34.2 Å². The molecule has 7 heteroatoms. The van der Waals surface area contributed by atoms with Gasteiger partial charge in [-0.1, -0.05) is 68.1 Å². The number of benzene rings is 2. The van der Waals surface area contributed by atoms with Gasteiger partial charge < -0.3 is 10.6 Å². The van der Waals surface area contributed by atoms with Gasteiger partial charge in [-0.2, -0.15) is 0 Å². The molecule has 0 fully saturated rings. The number of aryl methyl sites for hydroxylation is 2. The van der Waals surface area contributed by atoms with Gasteiger partial charge in [0.2, 0.25) is 11.0 Å². The Bertz CT molecular complexity index is 1010. The van der Waals surface area contributed by atoms with E-state index in [0.29, 0.717) is 5.13 Å². The lowest BCUT2D eigenvalue weighted by Gasteiger charge is -2.22. The van der Waals surface area contributed by atoms with E-state index in [1.807, 2.05) is 24.3 Å². The molecule has 0 bridgehead atoms. The van der Waals surface area contributed by atoms with Crippen LogP contribution in [0, 0.1) is 13.8 Å². The van der Waals surface area contributed by atoms with Crippen molar-refractivity contribution < 1.29 is 4.79 Å². The summed E-state index contributed by atoms with van der Waals surface area (Å²) < 4.78 is 0.760. The Morgan fingerprint density at radius 3 is 2.55 bits per heavy atom. The SMILES string of the molecule is Cc1ccc(Nc2nnc(SCC(=O)Nc3ccccc3C(C)(C)C)s2)cc1C. The van der Waals surface area contributed by atoms with Crippen molar-refractivity contribution in [3.63, 3.8) is 0 Å². The second-order valence-corrected chi connectivity index (χ2v) is 10.1. The highest BCUT2D eigenvalue weighted by Crippen LogP contribution is 2.31. The normalized spacial score (nSPS) is 11.3. The van der Waals surface area contributed by atoms with Crippen LogP contribution < -0.4 is 10.6 Å². The second kappa shape index (κ2) is 8.97. The summed E-state index contributed by atoms with van der Waals surface area (Å²) in [5.41, 5.74) is 5.40. The predicted molar refractivity (Wildman–Crippen MR) is 124 cm³/mol. The van der Waals surface area contributed by atoms with E-state index in [4.69, 9.17) is 0 Å². The van der Waals surface area contributed by atoms with Gasteiger partial charge in [0.15, 0.2) is 4.34 Å². The van der Waals surface area contributed by atoms with Crippen LogP contribution >= 0.6 is 23.1 Å². The number of hydrogen-bond acceptors (Lipinski definition) is 6. The third-order valence-electron chi connectivity index (χ3n) is 4.50. The lowest BCUT2D eigenvalue weighted by atomic mass is 9.86. The molecule has 1 amide bonds. The molecule has 0 saturated heterocycles. The largest absolute Gasteiger partial charge is 0.330 e. The molecule has 1 heterocycles. The lowest BCUT2D eigenvalue weighted by molar-refractivity contribution is -0.113. The molecule has 152 valence electrons. The molecule has 2 N–H and O–H groups in total. The summed E-state index contributed by atoms with van der Waals surface area (Å²) in [6.07, 6.45) is 0. The average Bonchev–Trinajstić information content (AvgIpc) is 3.10. The van der Waals surface area contributed by atoms with Gasteiger partial charge in [0.05, 0.1) is 5.75 Å². The van der Waals surface area contributed by atoms with Crippen LogP contribution in [0.5, 0.6) is 0 Å². The van der Waals surface area contributed by atoms with Crippen molar-refractivity contribution in [1.29, 1.82) is 0 Å². The topological polar surface area (TPSA) is 66.9 Å². The predicted octanol–water partition coefficient (Wildman–Crippen LogP) is 5.93. The highest BCUT2D eigenvalue weighted by molar-refractivity contribution is 8.01. The molecule has 0 aliphatic carbocycles. The summed E-state index contributed by atoms with van der Waals surface area (Å²) in [5, 5.41) is 15.4. The highest BCUT2D eigenvalue weighted by Gasteiger charge is 2.18. The Hall–Kier alpha value is -2.38. The summed E-state index contributed by atoms with van der Waals surface area (Å²) in [6, 6.07) is 14.1. The zero-order valence-corrected chi connectivity index (χ0v) is 19.0. The number of nitrogens with zero attached hydrogens (tertiary/aromatic N) is 2. The van der Waals surface area contributed by atoms with Gasteiger partial charge in [-0.05, 0) is 54.2 Å². The minimum atomic E-state index is -0.0504. The molecule has 3 rings (SSSR count). The van der Waals surface area contributed by atoms with Gasteiger partial charge in [-0.25, -0.2) is 0 Å². The molecule has 0 aliphatic rings. The van der Waals surface area contributed by atoms with Crippen LogP contribution in [0.4, 0.5) is 16.5 Å². The number of amides is 1. The van der Waals surface area contributed by atoms with Gasteiger partial charge in [0.1, 0.15) is 0 Å². The van der Waals surface area contributed by atoms with Gasteiger partial charge >= 0.3 is 0 Å². The monoisotopic (exact) mass is 426 g/mol. The third-order valence-corrected chi connectivity index (χ3v) is 6.47. The highest BCUT2D eigenvalue weighted by atomic mass is 32.2. The molecule has 0 aliphatic heterocycles. The van der Waals surface area contributed by atoms with Crippen LogP contribution in [-0.2, 0) is 10.2 Å². The molecular formula is C22H26N4OS2. The third kappa shape index (κ3) is 5.81. The molecule has 0 unspecified atom stereocenters. The van der Waals surface area contributed by atoms with Crippen molar-refractivity contribution in [1.82, 2.24) is 10.2 Å². The number of carbonyl (C=O) groups excluding carboxylic acids is 1. The van der Waals surface area contributed by atoms with Crippen LogP contribution in [0.2, 0.25) is 0 Å². The van der Waals surface area contributed by atoms with Crippen molar-refractivity contribution in [3.8, 4) is 0 Å². The Labute approximate surface area is 180 Å². The number of para-hydroxylation sites is 1. The summed E-state index contributed by atoms with van der Waals surface area (Å²) in [5.74, 6) is 0.238. The molecule has 2 aromatic carbocycles. The molecule has 3 aromatic rings. The molecule has 0 atom stereocenters. The zero-order valence-electron chi connectivity index (χ0n) is 17.4. The molecule has 0 radical (unpaired) electrons. The summed E-state index contributed by atoms with van der Waals surface area (Å²) in [7, 11) is 0. The molecule has 29 heavy (non-hydrogen) atoms. The van der Waals surface area contributed by atoms with Crippen LogP contribution in [0.25, 0.3) is 0 Å². The fraction of sp³-hybridized carbons (Fsp3) is 0.318. The average molecular weight is 427 g/mol. The van der Waals surface area contributed by atoms with E-state index < -0.39 is 0 Å². The maximum atomic E-state index is 12.4. The Morgan fingerprint density at radius 2 is 1.83 bits per heavy atom. The Morgan fingerprint density at radius 1 is 1.07 bits per heavy atom. The minimum Gasteiger partial charge on any atom is -0.330 e.